The Bertz CT molecular complexity index is 331. The fourth-order valence-corrected chi connectivity index (χ4v) is 1.08. The van der Waals surface area contributed by atoms with Gasteiger partial charge in [-0.25, -0.2) is 0 Å². The van der Waals surface area contributed by atoms with E-state index in [-0.39, 0.29) is 0 Å². The van der Waals surface area contributed by atoms with Gasteiger partial charge < -0.3 is 5.73 Å². The second-order valence-electron chi connectivity index (χ2n) is 2.48. The van der Waals surface area contributed by atoms with Crippen LogP contribution >= 0.6 is 11.6 Å². The molecule has 0 spiro atoms. The normalized spacial score (nSPS) is 33.3. The Balaban J connectivity index is 3.06. The van der Waals surface area contributed by atoms with Gasteiger partial charge in [0.2, 0.25) is 0 Å². The summed E-state index contributed by atoms with van der Waals surface area (Å²) in [5.41, 5.74) is 5.85. The number of hydrogen-bond acceptors (Lipinski definition) is 3. The Morgan fingerprint density at radius 2 is 2.25 bits per heavy atom. The van der Waals surface area contributed by atoms with Crippen LogP contribution in [-0.4, -0.2) is 10.9 Å². The highest BCUT2D eigenvalue weighted by molar-refractivity contribution is 6.28. The molecule has 0 heterocycles. The topological polar surface area (TPSA) is 73.6 Å². The van der Waals surface area contributed by atoms with Gasteiger partial charge in [0, 0.05) is 5.57 Å². The molecular formula is C8H6ClN3. The third kappa shape index (κ3) is 1.48. The quantitative estimate of drug-likeness (QED) is 0.442. The van der Waals surface area contributed by atoms with Crippen molar-refractivity contribution in [2.45, 2.75) is 10.9 Å². The number of halogens is 1. The van der Waals surface area contributed by atoms with E-state index in [2.05, 4.69) is 0 Å². The number of alkyl halides is 1. The summed E-state index contributed by atoms with van der Waals surface area (Å²) < 4.78 is 0. The van der Waals surface area contributed by atoms with Crippen molar-refractivity contribution in [2.24, 2.45) is 5.73 Å². The average molecular weight is 180 g/mol. The van der Waals surface area contributed by atoms with Crippen LogP contribution in [0.25, 0.3) is 0 Å². The Kier molecular flexibility index (Phi) is 2.19. The summed E-state index contributed by atoms with van der Waals surface area (Å²) in [5.74, 6) is 0. The summed E-state index contributed by atoms with van der Waals surface area (Å²) in [5, 5.41) is 17.2. The van der Waals surface area contributed by atoms with E-state index in [1.165, 1.54) is 12.2 Å². The van der Waals surface area contributed by atoms with Crippen LogP contribution in [0.1, 0.15) is 0 Å². The monoisotopic (exact) mass is 179 g/mol. The van der Waals surface area contributed by atoms with Gasteiger partial charge in [0.1, 0.15) is 0 Å². The van der Waals surface area contributed by atoms with E-state index in [1.54, 1.807) is 6.08 Å². The molecule has 2 N–H and O–H groups in total. The van der Waals surface area contributed by atoms with Crippen LogP contribution < -0.4 is 5.73 Å². The number of hydrogen-bond donors (Lipinski definition) is 1. The molecule has 2 atom stereocenters. The molecule has 3 nitrogen and oxygen atoms in total. The molecule has 0 aliphatic heterocycles. The first kappa shape index (κ1) is 8.80. The highest BCUT2D eigenvalue weighted by Gasteiger charge is 2.26. The molecule has 1 aliphatic carbocycles. The Labute approximate surface area is 75.3 Å². The number of nitrogens with zero attached hydrogens (tertiary/aromatic N) is 2. The van der Waals surface area contributed by atoms with Crippen molar-refractivity contribution in [3.05, 3.63) is 23.8 Å². The van der Waals surface area contributed by atoms with E-state index in [4.69, 9.17) is 27.9 Å². The van der Waals surface area contributed by atoms with Crippen molar-refractivity contribution in [3.8, 4) is 12.1 Å². The Hall–Kier alpha value is -1.29. The number of nitriles is 2. The van der Waals surface area contributed by atoms with Gasteiger partial charge in [-0.05, 0) is 12.2 Å². The first-order valence-corrected chi connectivity index (χ1v) is 3.67. The molecule has 0 saturated carbocycles. The highest BCUT2D eigenvalue weighted by atomic mass is 35.5. The van der Waals surface area contributed by atoms with Crippen molar-refractivity contribution in [2.75, 3.05) is 0 Å². The van der Waals surface area contributed by atoms with Crippen LogP contribution in [0.2, 0.25) is 0 Å². The Morgan fingerprint density at radius 3 is 2.75 bits per heavy atom. The highest BCUT2D eigenvalue weighted by Crippen LogP contribution is 2.25. The van der Waals surface area contributed by atoms with E-state index < -0.39 is 10.9 Å². The van der Waals surface area contributed by atoms with Gasteiger partial charge in [0.15, 0.2) is 4.87 Å². The van der Waals surface area contributed by atoms with Gasteiger partial charge in [-0.1, -0.05) is 17.7 Å². The van der Waals surface area contributed by atoms with Crippen LogP contribution in [0.3, 0.4) is 0 Å². The van der Waals surface area contributed by atoms with Crippen molar-refractivity contribution in [3.63, 3.8) is 0 Å². The van der Waals surface area contributed by atoms with E-state index in [9.17, 15) is 0 Å². The summed E-state index contributed by atoms with van der Waals surface area (Å²) in [6.45, 7) is 0. The lowest BCUT2D eigenvalue weighted by Gasteiger charge is -2.17. The molecule has 4 heteroatoms. The average Bonchev–Trinajstić information content (AvgIpc) is 2.10. The summed E-state index contributed by atoms with van der Waals surface area (Å²) in [6, 6.07) is 3.32. The summed E-state index contributed by atoms with van der Waals surface area (Å²) in [4.78, 5) is -1.19. The molecule has 2 unspecified atom stereocenters. The van der Waals surface area contributed by atoms with Gasteiger partial charge in [-0.2, -0.15) is 10.5 Å². The molecule has 0 radical (unpaired) electrons. The minimum atomic E-state index is -1.19. The van der Waals surface area contributed by atoms with Crippen LogP contribution in [0.15, 0.2) is 23.8 Å². The first-order valence-electron chi connectivity index (χ1n) is 3.29. The lowest BCUT2D eigenvalue weighted by molar-refractivity contribution is 0.917. The summed E-state index contributed by atoms with van der Waals surface area (Å²) >= 11 is 5.77. The molecule has 0 aromatic rings. The minimum absolute atomic E-state index is 0.328. The molecular weight excluding hydrogens is 174 g/mol. The standard InChI is InChI=1S/C8H6ClN3/c9-8(5-11)2-1-7(12)6(3-8)4-10/h1-3,7H,12H2. The SMILES string of the molecule is N#CC1=CC(Cl)(C#N)C=CC1N. The van der Waals surface area contributed by atoms with E-state index in [1.807, 2.05) is 12.1 Å². The summed E-state index contributed by atoms with van der Waals surface area (Å²) in [6.07, 6.45) is 4.41. The van der Waals surface area contributed by atoms with Crippen LogP contribution in [0.4, 0.5) is 0 Å². The fraction of sp³-hybridized carbons (Fsp3) is 0.250. The van der Waals surface area contributed by atoms with Gasteiger partial charge in [-0.15, -0.1) is 0 Å². The first-order chi connectivity index (χ1) is 5.61. The molecule has 0 amide bonds. The van der Waals surface area contributed by atoms with Crippen molar-refractivity contribution in [1.82, 2.24) is 0 Å². The van der Waals surface area contributed by atoms with E-state index >= 15 is 0 Å². The Morgan fingerprint density at radius 1 is 1.58 bits per heavy atom. The second kappa shape index (κ2) is 2.98. The van der Waals surface area contributed by atoms with Gasteiger partial charge in [0.05, 0.1) is 18.2 Å². The molecule has 0 aromatic carbocycles. The maximum absolute atomic E-state index is 8.62. The van der Waals surface area contributed by atoms with Crippen LogP contribution in [-0.2, 0) is 0 Å². The van der Waals surface area contributed by atoms with Crippen LogP contribution in [0.5, 0.6) is 0 Å². The summed E-state index contributed by atoms with van der Waals surface area (Å²) in [7, 11) is 0. The maximum atomic E-state index is 8.62. The van der Waals surface area contributed by atoms with Crippen LogP contribution in [0, 0.1) is 22.7 Å². The zero-order valence-electron chi connectivity index (χ0n) is 6.16. The minimum Gasteiger partial charge on any atom is -0.320 e. The predicted molar refractivity (Wildman–Crippen MR) is 45.0 cm³/mol. The maximum Gasteiger partial charge on any atom is 0.168 e. The van der Waals surface area contributed by atoms with E-state index in [0.29, 0.717) is 5.57 Å². The molecule has 0 fully saturated rings. The smallest absolute Gasteiger partial charge is 0.168 e. The lowest BCUT2D eigenvalue weighted by atomic mass is 9.95. The zero-order chi connectivity index (χ0) is 9.19. The van der Waals surface area contributed by atoms with Crippen molar-refractivity contribution < 1.29 is 0 Å². The molecule has 0 bridgehead atoms. The van der Waals surface area contributed by atoms with Crippen molar-refractivity contribution in [1.29, 1.82) is 10.5 Å². The molecule has 0 saturated heterocycles. The molecule has 60 valence electrons. The number of rotatable bonds is 0. The second-order valence-corrected chi connectivity index (χ2v) is 3.10. The molecule has 1 rings (SSSR count). The van der Waals surface area contributed by atoms with Gasteiger partial charge in [-0.3, -0.25) is 0 Å². The lowest BCUT2D eigenvalue weighted by Crippen LogP contribution is -2.27. The molecule has 0 aromatic heterocycles. The predicted octanol–water partition coefficient (Wildman–Crippen LogP) is 0.835. The third-order valence-electron chi connectivity index (χ3n) is 1.57. The number of nitrogens with two attached hydrogens (primary N) is 1. The molecule has 12 heavy (non-hydrogen) atoms. The largest absolute Gasteiger partial charge is 0.320 e. The van der Waals surface area contributed by atoms with E-state index in [0.717, 1.165) is 0 Å². The number of allylic oxidation sites excluding steroid dienone is 2. The van der Waals surface area contributed by atoms with Gasteiger partial charge >= 0.3 is 0 Å². The fourth-order valence-electron chi connectivity index (χ4n) is 0.894. The third-order valence-corrected chi connectivity index (χ3v) is 1.89. The van der Waals surface area contributed by atoms with Crippen molar-refractivity contribution >= 4 is 11.6 Å². The van der Waals surface area contributed by atoms with Gasteiger partial charge in [0.25, 0.3) is 0 Å². The molecule has 1 aliphatic rings. The zero-order valence-corrected chi connectivity index (χ0v) is 6.92.